The summed E-state index contributed by atoms with van der Waals surface area (Å²) in [6.07, 6.45) is 2.32. The first-order valence-corrected chi connectivity index (χ1v) is 11.1. The number of hydrogen-bond acceptors (Lipinski definition) is 4. The molecule has 6 heteroatoms. The van der Waals surface area contributed by atoms with E-state index in [4.69, 9.17) is 21.7 Å². The van der Waals surface area contributed by atoms with Gasteiger partial charge in [-0.2, -0.15) is 0 Å². The van der Waals surface area contributed by atoms with Crippen molar-refractivity contribution in [3.05, 3.63) is 70.4 Å². The van der Waals surface area contributed by atoms with E-state index in [0.29, 0.717) is 29.6 Å². The first kappa shape index (κ1) is 21.4. The van der Waals surface area contributed by atoms with Crippen molar-refractivity contribution in [3.63, 3.8) is 0 Å². The highest BCUT2D eigenvalue weighted by Crippen LogP contribution is 2.39. The van der Waals surface area contributed by atoms with Crippen molar-refractivity contribution < 1.29 is 14.3 Å². The summed E-state index contributed by atoms with van der Waals surface area (Å²) in [5.41, 5.74) is 5.13. The smallest absolute Gasteiger partial charge is 0.173 e. The summed E-state index contributed by atoms with van der Waals surface area (Å²) in [6.45, 7) is 5.31. The second-order valence-corrected chi connectivity index (χ2v) is 8.34. The number of ether oxygens (including phenoxy) is 2. The quantitative estimate of drug-likeness (QED) is 0.654. The van der Waals surface area contributed by atoms with Crippen molar-refractivity contribution >= 4 is 23.1 Å². The Balaban J connectivity index is 1.67. The number of methoxy groups -OCH3 is 1. The molecule has 0 aromatic heterocycles. The molecule has 2 aromatic rings. The number of carbonyl (C=O) groups excluding carboxylic acids is 1. The van der Waals surface area contributed by atoms with Gasteiger partial charge in [0.1, 0.15) is 6.61 Å². The third kappa shape index (κ3) is 4.30. The standard InChI is InChI=1S/C25H28N2O3S/c1-4-27-19-6-5-7-20(28)23(19)24(26-25(27)31)18-12-13-21(29-3)22(14-18)30-15-17-10-8-16(2)9-11-17/h8-14,24H,4-7,15H2,1-3H3,(H,26,31). The molecule has 0 amide bonds. The average Bonchev–Trinajstić information content (AvgIpc) is 2.78. The fourth-order valence-corrected chi connectivity index (χ4v) is 4.62. The van der Waals surface area contributed by atoms with Crippen LogP contribution >= 0.6 is 12.2 Å². The van der Waals surface area contributed by atoms with E-state index in [2.05, 4.69) is 48.3 Å². The minimum atomic E-state index is -0.272. The zero-order valence-electron chi connectivity index (χ0n) is 18.2. The highest BCUT2D eigenvalue weighted by Gasteiger charge is 2.36. The number of allylic oxidation sites excluding steroid dienone is 1. The van der Waals surface area contributed by atoms with E-state index in [1.165, 1.54) is 5.56 Å². The molecule has 4 rings (SSSR count). The van der Waals surface area contributed by atoms with Crippen LogP contribution in [0.3, 0.4) is 0 Å². The Bertz CT molecular complexity index is 1030. The van der Waals surface area contributed by atoms with Crippen molar-refractivity contribution in [2.75, 3.05) is 13.7 Å². The van der Waals surface area contributed by atoms with Gasteiger partial charge in [-0.1, -0.05) is 35.9 Å². The number of Topliss-reactive ketones (excluding diaryl/α,β-unsaturated/α-hetero) is 1. The molecule has 5 nitrogen and oxygen atoms in total. The van der Waals surface area contributed by atoms with Crippen molar-refractivity contribution in [1.29, 1.82) is 0 Å². The van der Waals surface area contributed by atoms with E-state index < -0.39 is 0 Å². The Morgan fingerprint density at radius 1 is 1.13 bits per heavy atom. The van der Waals surface area contributed by atoms with Gasteiger partial charge in [-0.05, 0) is 62.2 Å². The molecule has 1 aliphatic carbocycles. The average molecular weight is 437 g/mol. The fraction of sp³-hybridized carbons (Fsp3) is 0.360. The summed E-state index contributed by atoms with van der Waals surface area (Å²) >= 11 is 5.63. The van der Waals surface area contributed by atoms with Gasteiger partial charge in [0, 0.05) is 24.2 Å². The number of rotatable bonds is 6. The molecule has 2 aliphatic rings. The van der Waals surface area contributed by atoms with Gasteiger partial charge in [0.2, 0.25) is 0 Å². The molecule has 1 aliphatic heterocycles. The van der Waals surface area contributed by atoms with Crippen molar-refractivity contribution in [2.45, 2.75) is 45.8 Å². The van der Waals surface area contributed by atoms with Gasteiger partial charge in [0.15, 0.2) is 22.4 Å². The molecule has 0 saturated carbocycles. The Labute approximate surface area is 189 Å². The van der Waals surface area contributed by atoms with E-state index in [1.807, 2.05) is 18.2 Å². The van der Waals surface area contributed by atoms with Gasteiger partial charge in [0.05, 0.1) is 13.2 Å². The lowest BCUT2D eigenvalue weighted by Crippen LogP contribution is -2.49. The molecule has 0 radical (unpaired) electrons. The monoisotopic (exact) mass is 436 g/mol. The third-order valence-corrected chi connectivity index (χ3v) is 6.25. The minimum absolute atomic E-state index is 0.192. The van der Waals surface area contributed by atoms with Crippen LogP contribution in [0.5, 0.6) is 11.5 Å². The topological polar surface area (TPSA) is 50.8 Å². The number of nitrogens with zero attached hydrogens (tertiary/aromatic N) is 1. The lowest BCUT2D eigenvalue weighted by Gasteiger charge is -2.40. The second kappa shape index (κ2) is 9.10. The van der Waals surface area contributed by atoms with Crippen molar-refractivity contribution in [1.82, 2.24) is 10.2 Å². The molecule has 1 atom stereocenters. The first-order valence-electron chi connectivity index (χ1n) is 10.7. The van der Waals surface area contributed by atoms with Gasteiger partial charge in [-0.3, -0.25) is 4.79 Å². The van der Waals surface area contributed by atoms with E-state index in [9.17, 15) is 4.79 Å². The van der Waals surface area contributed by atoms with Crippen molar-refractivity contribution in [3.8, 4) is 11.5 Å². The lowest BCUT2D eigenvalue weighted by atomic mass is 9.84. The SMILES string of the molecule is CCN1C(=S)NC(c2ccc(OC)c(OCc3ccc(C)cc3)c2)C2=C1CCCC2=O. The van der Waals surface area contributed by atoms with E-state index in [-0.39, 0.29) is 11.8 Å². The summed E-state index contributed by atoms with van der Waals surface area (Å²) in [5, 5.41) is 4.06. The van der Waals surface area contributed by atoms with E-state index >= 15 is 0 Å². The Hall–Kier alpha value is -2.86. The molecule has 0 saturated heterocycles. The molecule has 0 spiro atoms. The normalized spacial score (nSPS) is 18.5. The summed E-state index contributed by atoms with van der Waals surface area (Å²) in [6, 6.07) is 13.8. The number of thiocarbonyl (C=S) groups is 1. The molecule has 1 N–H and O–H groups in total. The predicted octanol–water partition coefficient (Wildman–Crippen LogP) is 4.84. The third-order valence-electron chi connectivity index (χ3n) is 5.91. The Morgan fingerprint density at radius 3 is 2.61 bits per heavy atom. The number of benzene rings is 2. The summed E-state index contributed by atoms with van der Waals surface area (Å²) < 4.78 is 11.6. The van der Waals surface area contributed by atoms with Gasteiger partial charge >= 0.3 is 0 Å². The van der Waals surface area contributed by atoms with Crippen LogP contribution in [0.15, 0.2) is 53.7 Å². The highest BCUT2D eigenvalue weighted by atomic mass is 32.1. The number of carbonyl (C=O) groups is 1. The van der Waals surface area contributed by atoms with Gasteiger partial charge in [0.25, 0.3) is 0 Å². The maximum atomic E-state index is 12.9. The predicted molar refractivity (Wildman–Crippen MR) is 125 cm³/mol. The van der Waals surface area contributed by atoms with Crippen LogP contribution in [-0.2, 0) is 11.4 Å². The van der Waals surface area contributed by atoms with Crippen LogP contribution in [0, 0.1) is 6.92 Å². The van der Waals surface area contributed by atoms with E-state index in [1.54, 1.807) is 7.11 Å². The molecular weight excluding hydrogens is 408 g/mol. The summed E-state index contributed by atoms with van der Waals surface area (Å²) in [7, 11) is 1.63. The largest absolute Gasteiger partial charge is 0.493 e. The first-order chi connectivity index (χ1) is 15.0. The van der Waals surface area contributed by atoms with Crippen LogP contribution in [0.2, 0.25) is 0 Å². The van der Waals surface area contributed by atoms with E-state index in [0.717, 1.165) is 41.8 Å². The zero-order chi connectivity index (χ0) is 22.0. The van der Waals surface area contributed by atoms with Gasteiger partial charge in [-0.25, -0.2) is 0 Å². The molecule has 1 heterocycles. The van der Waals surface area contributed by atoms with Crippen LogP contribution < -0.4 is 14.8 Å². The van der Waals surface area contributed by atoms with Crippen molar-refractivity contribution in [2.24, 2.45) is 0 Å². The Kier molecular flexibility index (Phi) is 6.28. The molecular formula is C25H28N2O3S. The van der Waals surface area contributed by atoms with Crippen LogP contribution in [-0.4, -0.2) is 29.5 Å². The number of ketones is 1. The molecule has 1 unspecified atom stereocenters. The second-order valence-electron chi connectivity index (χ2n) is 7.95. The summed E-state index contributed by atoms with van der Waals surface area (Å²) in [5.74, 6) is 1.50. The van der Waals surface area contributed by atoms with Crippen LogP contribution in [0.1, 0.15) is 48.9 Å². The highest BCUT2D eigenvalue weighted by molar-refractivity contribution is 7.80. The summed E-state index contributed by atoms with van der Waals surface area (Å²) in [4.78, 5) is 15.0. The van der Waals surface area contributed by atoms with Gasteiger partial charge < -0.3 is 19.7 Å². The maximum absolute atomic E-state index is 12.9. The molecule has 2 aromatic carbocycles. The minimum Gasteiger partial charge on any atom is -0.493 e. The van der Waals surface area contributed by atoms with Gasteiger partial charge in [-0.15, -0.1) is 0 Å². The maximum Gasteiger partial charge on any atom is 0.173 e. The molecule has 162 valence electrons. The Morgan fingerprint density at radius 2 is 1.90 bits per heavy atom. The number of nitrogens with one attached hydrogen (secondary N) is 1. The lowest BCUT2D eigenvalue weighted by molar-refractivity contribution is -0.116. The zero-order valence-corrected chi connectivity index (χ0v) is 19.1. The number of aryl methyl sites for hydroxylation is 1. The fourth-order valence-electron chi connectivity index (χ4n) is 4.27. The molecule has 0 fully saturated rings. The van der Waals surface area contributed by atoms with Crippen LogP contribution in [0.4, 0.5) is 0 Å². The number of hydrogen-bond donors (Lipinski definition) is 1. The van der Waals surface area contributed by atoms with Crippen LogP contribution in [0.25, 0.3) is 0 Å². The molecule has 31 heavy (non-hydrogen) atoms. The molecule has 0 bridgehead atoms.